The summed E-state index contributed by atoms with van der Waals surface area (Å²) in [4.78, 5) is 24.2. The van der Waals surface area contributed by atoms with Crippen LogP contribution < -0.4 is 11.1 Å². The third-order valence-electron chi connectivity index (χ3n) is 4.26. The SMILES string of the molecule is CC(C)Cn1c(SC(C)C(=O)Nc2sccc2C(N)=O)nnc1-c1ccc(Cl)cc1Cl. The van der Waals surface area contributed by atoms with Crippen molar-refractivity contribution in [3.8, 4) is 11.4 Å². The minimum atomic E-state index is -0.585. The minimum Gasteiger partial charge on any atom is -0.366 e. The van der Waals surface area contributed by atoms with Crippen molar-refractivity contribution in [3.05, 3.63) is 45.3 Å². The number of nitrogens with one attached hydrogen (secondary N) is 1. The minimum absolute atomic E-state index is 0.264. The maximum absolute atomic E-state index is 12.7. The number of nitrogens with two attached hydrogens (primary N) is 1. The van der Waals surface area contributed by atoms with Crippen molar-refractivity contribution in [1.29, 1.82) is 0 Å². The summed E-state index contributed by atoms with van der Waals surface area (Å²) in [5.74, 6) is 0.0754. The maximum atomic E-state index is 12.7. The fraction of sp³-hybridized carbons (Fsp3) is 0.300. The Morgan fingerprint density at radius 2 is 1.97 bits per heavy atom. The molecule has 0 aliphatic heterocycles. The van der Waals surface area contributed by atoms with Crippen LogP contribution in [0.2, 0.25) is 10.0 Å². The van der Waals surface area contributed by atoms with Crippen molar-refractivity contribution in [3.63, 3.8) is 0 Å². The van der Waals surface area contributed by atoms with Crippen molar-refractivity contribution >= 4 is 63.1 Å². The molecule has 0 saturated carbocycles. The lowest BCUT2D eigenvalue weighted by Crippen LogP contribution is -2.24. The predicted molar refractivity (Wildman–Crippen MR) is 127 cm³/mol. The summed E-state index contributed by atoms with van der Waals surface area (Å²) in [5.41, 5.74) is 6.36. The van der Waals surface area contributed by atoms with Crippen LogP contribution in [0.25, 0.3) is 11.4 Å². The van der Waals surface area contributed by atoms with Crippen LogP contribution in [0.5, 0.6) is 0 Å². The first kappa shape index (κ1) is 23.6. The number of halogens is 2. The molecular formula is C20H21Cl2N5O2S2. The highest BCUT2D eigenvalue weighted by molar-refractivity contribution is 8.00. The van der Waals surface area contributed by atoms with E-state index in [1.165, 1.54) is 23.1 Å². The lowest BCUT2D eigenvalue weighted by Gasteiger charge is -2.15. The van der Waals surface area contributed by atoms with Gasteiger partial charge in [-0.1, -0.05) is 48.8 Å². The molecule has 0 aliphatic carbocycles. The molecule has 3 aromatic rings. The monoisotopic (exact) mass is 497 g/mol. The van der Waals surface area contributed by atoms with E-state index in [9.17, 15) is 9.59 Å². The number of amides is 2. The Morgan fingerprint density at radius 3 is 2.61 bits per heavy atom. The lowest BCUT2D eigenvalue weighted by molar-refractivity contribution is -0.115. The Kier molecular flexibility index (Phi) is 7.64. The van der Waals surface area contributed by atoms with Gasteiger partial charge in [-0.25, -0.2) is 0 Å². The third kappa shape index (κ3) is 5.60. The van der Waals surface area contributed by atoms with Gasteiger partial charge in [0.05, 0.1) is 15.8 Å². The second kappa shape index (κ2) is 10.0. The first-order chi connectivity index (χ1) is 14.7. The number of primary amides is 1. The third-order valence-corrected chi connectivity index (χ3v) is 6.71. The quantitative estimate of drug-likeness (QED) is 0.416. The van der Waals surface area contributed by atoms with Crippen LogP contribution in [-0.4, -0.2) is 31.8 Å². The highest BCUT2D eigenvalue weighted by Crippen LogP contribution is 2.33. The molecule has 0 spiro atoms. The Balaban J connectivity index is 1.85. The van der Waals surface area contributed by atoms with Crippen molar-refractivity contribution in [2.24, 2.45) is 11.7 Å². The molecule has 7 nitrogen and oxygen atoms in total. The zero-order valence-corrected chi connectivity index (χ0v) is 20.2. The molecule has 1 aromatic carbocycles. The number of hydrogen-bond donors (Lipinski definition) is 2. The molecule has 2 amide bonds. The number of rotatable bonds is 8. The molecule has 2 heterocycles. The summed E-state index contributed by atoms with van der Waals surface area (Å²) < 4.78 is 1.95. The zero-order chi connectivity index (χ0) is 22.7. The van der Waals surface area contributed by atoms with Gasteiger partial charge in [-0.2, -0.15) is 0 Å². The molecule has 2 aromatic heterocycles. The van der Waals surface area contributed by atoms with E-state index >= 15 is 0 Å². The van der Waals surface area contributed by atoms with Gasteiger partial charge in [-0.15, -0.1) is 21.5 Å². The number of thiophene rings is 1. The van der Waals surface area contributed by atoms with E-state index in [1.807, 2.05) is 4.57 Å². The highest BCUT2D eigenvalue weighted by atomic mass is 35.5. The largest absolute Gasteiger partial charge is 0.366 e. The van der Waals surface area contributed by atoms with Crippen molar-refractivity contribution in [2.75, 3.05) is 5.32 Å². The van der Waals surface area contributed by atoms with E-state index in [1.54, 1.807) is 36.6 Å². The van der Waals surface area contributed by atoms with Gasteiger partial charge >= 0.3 is 0 Å². The molecule has 0 saturated heterocycles. The van der Waals surface area contributed by atoms with E-state index in [-0.39, 0.29) is 11.5 Å². The normalized spacial score (nSPS) is 12.2. The number of thioether (sulfide) groups is 1. The van der Waals surface area contributed by atoms with E-state index < -0.39 is 11.2 Å². The molecular weight excluding hydrogens is 477 g/mol. The van der Waals surface area contributed by atoms with Crippen molar-refractivity contribution in [1.82, 2.24) is 14.8 Å². The van der Waals surface area contributed by atoms with E-state index in [0.29, 0.717) is 44.1 Å². The Labute approximate surface area is 198 Å². The molecule has 1 unspecified atom stereocenters. The molecule has 3 rings (SSSR count). The van der Waals surface area contributed by atoms with E-state index in [0.717, 1.165) is 0 Å². The molecule has 3 N–H and O–H groups in total. The van der Waals surface area contributed by atoms with Crippen LogP contribution >= 0.6 is 46.3 Å². The van der Waals surface area contributed by atoms with Gasteiger partial charge in [0, 0.05) is 17.1 Å². The fourth-order valence-electron chi connectivity index (χ4n) is 2.80. The Hall–Kier alpha value is -2.07. The molecule has 164 valence electrons. The molecule has 0 fully saturated rings. The number of aromatic nitrogens is 3. The second-order valence-corrected chi connectivity index (χ2v) is 10.3. The molecule has 0 aliphatic rings. The average Bonchev–Trinajstić information content (AvgIpc) is 3.29. The second-order valence-electron chi connectivity index (χ2n) is 7.21. The number of benzene rings is 1. The number of nitrogens with zero attached hydrogens (tertiary/aromatic N) is 3. The van der Waals surface area contributed by atoms with Crippen molar-refractivity contribution < 1.29 is 9.59 Å². The number of anilines is 1. The fourth-order valence-corrected chi connectivity index (χ4v) is 4.95. The summed E-state index contributed by atoms with van der Waals surface area (Å²) in [6, 6.07) is 6.80. The predicted octanol–water partition coefficient (Wildman–Crippen LogP) is 5.19. The molecule has 0 bridgehead atoms. The summed E-state index contributed by atoms with van der Waals surface area (Å²) in [6.45, 7) is 6.58. The van der Waals surface area contributed by atoms with E-state index in [4.69, 9.17) is 28.9 Å². The van der Waals surface area contributed by atoms with Gasteiger partial charge < -0.3 is 15.6 Å². The Bertz CT molecular complexity index is 1110. The standard InChI is InChI=1S/C20H21Cl2N5O2S2/c1-10(2)9-27-17(13-5-4-12(21)8-15(13)22)25-26-20(27)31-11(3)18(29)24-19-14(16(23)28)6-7-30-19/h4-8,10-11H,9H2,1-3H3,(H2,23,28)(H,24,29). The topological polar surface area (TPSA) is 103 Å². The summed E-state index contributed by atoms with van der Waals surface area (Å²) >= 11 is 14.9. The molecule has 0 radical (unpaired) electrons. The van der Waals surface area contributed by atoms with Gasteiger partial charge in [-0.05, 0) is 42.5 Å². The van der Waals surface area contributed by atoms with E-state index in [2.05, 4.69) is 29.4 Å². The summed E-state index contributed by atoms with van der Waals surface area (Å²) in [5, 5.41) is 14.7. The van der Waals surface area contributed by atoms with Gasteiger partial charge in [0.2, 0.25) is 5.91 Å². The van der Waals surface area contributed by atoms with Crippen LogP contribution in [0.1, 0.15) is 31.1 Å². The Morgan fingerprint density at radius 1 is 1.23 bits per heavy atom. The van der Waals surface area contributed by atoms with Crippen LogP contribution in [0.4, 0.5) is 5.00 Å². The smallest absolute Gasteiger partial charge is 0.251 e. The average molecular weight is 498 g/mol. The summed E-state index contributed by atoms with van der Waals surface area (Å²) in [7, 11) is 0. The van der Waals surface area contributed by atoms with Crippen LogP contribution in [0.3, 0.4) is 0 Å². The van der Waals surface area contributed by atoms with Gasteiger partial charge in [0.25, 0.3) is 5.91 Å². The lowest BCUT2D eigenvalue weighted by atomic mass is 10.2. The number of hydrogen-bond acceptors (Lipinski definition) is 6. The van der Waals surface area contributed by atoms with Gasteiger partial charge in [-0.3, -0.25) is 9.59 Å². The van der Waals surface area contributed by atoms with Crippen molar-refractivity contribution in [2.45, 2.75) is 37.7 Å². The maximum Gasteiger partial charge on any atom is 0.251 e. The highest BCUT2D eigenvalue weighted by Gasteiger charge is 2.23. The van der Waals surface area contributed by atoms with Crippen LogP contribution in [-0.2, 0) is 11.3 Å². The molecule has 31 heavy (non-hydrogen) atoms. The molecule has 11 heteroatoms. The first-order valence-electron chi connectivity index (χ1n) is 9.40. The van der Waals surface area contributed by atoms with Gasteiger partial charge in [0.15, 0.2) is 11.0 Å². The zero-order valence-electron chi connectivity index (χ0n) is 17.1. The number of carbonyl (C=O) groups excluding carboxylic acids is 2. The summed E-state index contributed by atoms with van der Waals surface area (Å²) in [6.07, 6.45) is 0. The first-order valence-corrected chi connectivity index (χ1v) is 11.9. The number of carbonyl (C=O) groups is 2. The van der Waals surface area contributed by atoms with Crippen LogP contribution in [0, 0.1) is 5.92 Å². The molecule has 1 atom stereocenters. The van der Waals surface area contributed by atoms with Crippen LogP contribution in [0.15, 0.2) is 34.8 Å². The van der Waals surface area contributed by atoms with Gasteiger partial charge in [0.1, 0.15) is 5.00 Å².